The van der Waals surface area contributed by atoms with Crippen LogP contribution < -0.4 is 14.8 Å². The summed E-state index contributed by atoms with van der Waals surface area (Å²) in [6, 6.07) is 7.89. The molecule has 2 aromatic rings. The lowest BCUT2D eigenvalue weighted by Gasteiger charge is -2.23. The number of alkyl halides is 1. The van der Waals surface area contributed by atoms with Gasteiger partial charge in [-0.3, -0.25) is 14.4 Å². The summed E-state index contributed by atoms with van der Waals surface area (Å²) in [6.45, 7) is 7.90. The molecule has 0 heterocycles. The highest BCUT2D eigenvalue weighted by atomic mass is 35.5. The van der Waals surface area contributed by atoms with Gasteiger partial charge in [0.15, 0.2) is 5.78 Å². The van der Waals surface area contributed by atoms with Crippen LogP contribution >= 0.6 is 11.6 Å². The second kappa shape index (κ2) is 10.1. The normalized spacial score (nSPS) is 11.9. The number of ether oxygens (including phenoxy) is 2. The first-order valence-corrected chi connectivity index (χ1v) is 10.3. The van der Waals surface area contributed by atoms with Gasteiger partial charge in [-0.25, -0.2) is 0 Å². The van der Waals surface area contributed by atoms with E-state index < -0.39 is 5.91 Å². The Kier molecular flexibility index (Phi) is 7.26. The molecule has 160 valence electrons. The standard InChI is InChI=1S/C24H22ClNO5/c1-3-5-10-30-18-9-7-8-16-21(18)24(29)22-17(23(16)28)12-15(26-20(27)14-25)13-19(22)31-11-6-4-2/h3-4,7-9,12-13H,1-2,5-6,10-11,14H2,(H,26,27). The van der Waals surface area contributed by atoms with Gasteiger partial charge in [-0.15, -0.1) is 24.8 Å². The number of rotatable bonds is 10. The third-order valence-electron chi connectivity index (χ3n) is 4.64. The molecule has 3 rings (SSSR count). The van der Waals surface area contributed by atoms with Crippen molar-refractivity contribution in [1.82, 2.24) is 0 Å². The Morgan fingerprint density at radius 1 is 0.935 bits per heavy atom. The number of carbonyl (C=O) groups is 3. The van der Waals surface area contributed by atoms with Gasteiger partial charge < -0.3 is 14.8 Å². The maximum atomic E-state index is 13.5. The summed E-state index contributed by atoms with van der Waals surface area (Å²) >= 11 is 5.58. The van der Waals surface area contributed by atoms with Crippen molar-refractivity contribution >= 4 is 34.8 Å². The fraction of sp³-hybridized carbons (Fsp3) is 0.208. The Morgan fingerprint density at radius 3 is 2.23 bits per heavy atom. The van der Waals surface area contributed by atoms with E-state index >= 15 is 0 Å². The van der Waals surface area contributed by atoms with Crippen molar-refractivity contribution in [2.75, 3.05) is 24.4 Å². The summed E-state index contributed by atoms with van der Waals surface area (Å²) < 4.78 is 11.5. The molecule has 0 radical (unpaired) electrons. The molecule has 1 N–H and O–H groups in total. The van der Waals surface area contributed by atoms with Gasteiger partial charge in [-0.2, -0.15) is 0 Å². The Balaban J connectivity index is 2.11. The summed E-state index contributed by atoms with van der Waals surface area (Å²) in [6.07, 6.45) is 4.53. The summed E-state index contributed by atoms with van der Waals surface area (Å²) in [7, 11) is 0. The number of carbonyl (C=O) groups excluding carboxylic acids is 3. The van der Waals surface area contributed by atoms with E-state index in [1.807, 2.05) is 0 Å². The molecule has 1 aliphatic rings. The molecule has 0 aliphatic heterocycles. The number of ketones is 2. The molecule has 6 nitrogen and oxygen atoms in total. The number of halogens is 1. The number of benzene rings is 2. The van der Waals surface area contributed by atoms with Crippen LogP contribution in [0.1, 0.15) is 44.7 Å². The van der Waals surface area contributed by atoms with E-state index in [-0.39, 0.29) is 52.1 Å². The van der Waals surface area contributed by atoms with Gasteiger partial charge in [0.1, 0.15) is 17.4 Å². The van der Waals surface area contributed by atoms with Crippen molar-refractivity contribution in [3.05, 3.63) is 77.9 Å². The van der Waals surface area contributed by atoms with E-state index in [2.05, 4.69) is 18.5 Å². The first-order valence-electron chi connectivity index (χ1n) is 9.75. The van der Waals surface area contributed by atoms with Gasteiger partial charge in [-0.05, 0) is 25.0 Å². The molecule has 0 aromatic heterocycles. The van der Waals surface area contributed by atoms with Crippen LogP contribution in [0.4, 0.5) is 5.69 Å². The maximum Gasteiger partial charge on any atom is 0.239 e. The molecule has 0 saturated heterocycles. The van der Waals surface area contributed by atoms with Crippen LogP contribution in [0.5, 0.6) is 11.5 Å². The van der Waals surface area contributed by atoms with Crippen LogP contribution in [0.2, 0.25) is 0 Å². The largest absolute Gasteiger partial charge is 0.492 e. The molecular formula is C24H22ClNO5. The van der Waals surface area contributed by atoms with Gasteiger partial charge in [0.2, 0.25) is 11.7 Å². The van der Waals surface area contributed by atoms with E-state index in [1.165, 1.54) is 12.1 Å². The summed E-state index contributed by atoms with van der Waals surface area (Å²) in [5, 5.41) is 2.61. The predicted molar refractivity (Wildman–Crippen MR) is 120 cm³/mol. The van der Waals surface area contributed by atoms with Gasteiger partial charge >= 0.3 is 0 Å². The van der Waals surface area contributed by atoms with Crippen molar-refractivity contribution in [3.8, 4) is 11.5 Å². The van der Waals surface area contributed by atoms with Crippen LogP contribution in [-0.2, 0) is 4.79 Å². The number of hydrogen-bond acceptors (Lipinski definition) is 5. The lowest BCUT2D eigenvalue weighted by molar-refractivity contribution is -0.113. The molecular weight excluding hydrogens is 418 g/mol. The molecule has 0 unspecified atom stereocenters. The highest BCUT2D eigenvalue weighted by molar-refractivity contribution is 6.31. The Bertz CT molecular complexity index is 1060. The molecule has 0 saturated carbocycles. The highest BCUT2D eigenvalue weighted by Crippen LogP contribution is 2.39. The van der Waals surface area contributed by atoms with Crippen molar-refractivity contribution in [3.63, 3.8) is 0 Å². The average Bonchev–Trinajstić information content (AvgIpc) is 2.77. The van der Waals surface area contributed by atoms with E-state index in [0.29, 0.717) is 30.9 Å². The van der Waals surface area contributed by atoms with E-state index in [0.717, 1.165) is 0 Å². The predicted octanol–water partition coefficient (Wildman–Crippen LogP) is 4.55. The van der Waals surface area contributed by atoms with E-state index in [1.54, 1.807) is 30.4 Å². The SMILES string of the molecule is C=CCCOc1cccc2c1C(=O)c1c(OCCC=C)cc(NC(=O)CCl)cc1C2=O. The minimum atomic E-state index is -0.438. The molecule has 7 heteroatoms. The quantitative estimate of drug-likeness (QED) is 0.285. The number of fused-ring (bicyclic) bond motifs is 2. The fourth-order valence-electron chi connectivity index (χ4n) is 3.26. The summed E-state index contributed by atoms with van der Waals surface area (Å²) in [5.74, 6) is -0.872. The molecule has 1 aliphatic carbocycles. The van der Waals surface area contributed by atoms with Crippen molar-refractivity contribution in [2.45, 2.75) is 12.8 Å². The fourth-order valence-corrected chi connectivity index (χ4v) is 3.33. The van der Waals surface area contributed by atoms with Crippen molar-refractivity contribution in [1.29, 1.82) is 0 Å². The Labute approximate surface area is 185 Å². The third-order valence-corrected chi connectivity index (χ3v) is 4.88. The zero-order valence-corrected chi connectivity index (χ0v) is 17.7. The van der Waals surface area contributed by atoms with Crippen molar-refractivity contribution in [2.24, 2.45) is 0 Å². The van der Waals surface area contributed by atoms with E-state index in [4.69, 9.17) is 21.1 Å². The third kappa shape index (κ3) is 4.70. The molecule has 0 bridgehead atoms. The first-order chi connectivity index (χ1) is 15.0. The van der Waals surface area contributed by atoms with Gasteiger partial charge in [-0.1, -0.05) is 24.3 Å². The van der Waals surface area contributed by atoms with Gasteiger partial charge in [0, 0.05) is 22.9 Å². The molecule has 1 amide bonds. The van der Waals surface area contributed by atoms with Gasteiger partial charge in [0.05, 0.1) is 24.3 Å². The van der Waals surface area contributed by atoms with Crippen LogP contribution in [0, 0.1) is 0 Å². The van der Waals surface area contributed by atoms with Crippen LogP contribution in [0.15, 0.2) is 55.6 Å². The number of amides is 1. The van der Waals surface area contributed by atoms with Crippen molar-refractivity contribution < 1.29 is 23.9 Å². The highest BCUT2D eigenvalue weighted by Gasteiger charge is 2.35. The summed E-state index contributed by atoms with van der Waals surface area (Å²) in [5.41, 5.74) is 1.06. The minimum absolute atomic E-state index is 0.144. The molecule has 0 fully saturated rings. The monoisotopic (exact) mass is 439 g/mol. The average molecular weight is 440 g/mol. The van der Waals surface area contributed by atoms with Crippen LogP contribution in [0.25, 0.3) is 0 Å². The Hall–Kier alpha value is -3.38. The second-order valence-corrected chi connectivity index (χ2v) is 7.03. The second-order valence-electron chi connectivity index (χ2n) is 6.77. The minimum Gasteiger partial charge on any atom is -0.492 e. The summed E-state index contributed by atoms with van der Waals surface area (Å²) in [4.78, 5) is 38.5. The molecule has 31 heavy (non-hydrogen) atoms. The number of hydrogen-bond donors (Lipinski definition) is 1. The molecule has 0 atom stereocenters. The number of nitrogens with one attached hydrogen (secondary N) is 1. The zero-order chi connectivity index (χ0) is 22.4. The number of anilines is 1. The van der Waals surface area contributed by atoms with E-state index in [9.17, 15) is 14.4 Å². The van der Waals surface area contributed by atoms with Gasteiger partial charge in [0.25, 0.3) is 0 Å². The van der Waals surface area contributed by atoms with Crippen LogP contribution in [0.3, 0.4) is 0 Å². The lowest BCUT2D eigenvalue weighted by atomic mass is 9.82. The maximum absolute atomic E-state index is 13.5. The Morgan fingerprint density at radius 2 is 1.58 bits per heavy atom. The topological polar surface area (TPSA) is 81.7 Å². The van der Waals surface area contributed by atoms with Crippen LogP contribution in [-0.4, -0.2) is 36.6 Å². The zero-order valence-electron chi connectivity index (χ0n) is 16.9. The molecule has 0 spiro atoms. The lowest BCUT2D eigenvalue weighted by Crippen LogP contribution is -2.24. The first kappa shape index (κ1) is 22.3. The smallest absolute Gasteiger partial charge is 0.239 e. The molecule has 2 aromatic carbocycles.